The van der Waals surface area contributed by atoms with Crippen molar-refractivity contribution in [2.75, 3.05) is 0 Å². The summed E-state index contributed by atoms with van der Waals surface area (Å²) < 4.78 is 2.97. The Hall–Kier alpha value is -2.89. The van der Waals surface area contributed by atoms with E-state index in [1.165, 1.54) is 10.9 Å². The molecule has 0 amide bonds. The molecule has 1 N–H and O–H groups in total. The van der Waals surface area contributed by atoms with Crippen LogP contribution in [-0.4, -0.2) is 25.4 Å². The number of nitrogens with zero attached hydrogens (tertiary/aromatic N) is 3. The number of carbonyl (C=O) groups is 1. The lowest BCUT2D eigenvalue weighted by Gasteiger charge is -2.08. The first-order chi connectivity index (χ1) is 10.6. The van der Waals surface area contributed by atoms with Crippen molar-refractivity contribution in [1.82, 2.24) is 14.3 Å². The normalized spacial score (nSPS) is 11.0. The molecule has 2 aliphatic heterocycles. The lowest BCUT2D eigenvalue weighted by molar-refractivity contribution is 0.0696. The molecule has 1 aromatic carbocycles. The lowest BCUT2D eigenvalue weighted by Crippen LogP contribution is -2.15. The van der Waals surface area contributed by atoms with Crippen LogP contribution < -0.4 is 5.56 Å². The van der Waals surface area contributed by atoms with E-state index in [-0.39, 0.29) is 16.8 Å². The molecule has 0 radical (unpaired) electrons. The molecule has 2 heterocycles. The third-order valence-electron chi connectivity index (χ3n) is 3.44. The van der Waals surface area contributed by atoms with E-state index in [1.807, 2.05) is 13.0 Å². The Morgan fingerprint density at radius 3 is 2.59 bits per heavy atom. The SMILES string of the molecule is CCCn1cc(C(=O)O)c2nn(-c3ccccc3)c(=O)c-2c1. The van der Waals surface area contributed by atoms with Crippen LogP contribution in [0.25, 0.3) is 16.9 Å². The predicted octanol–water partition coefficient (Wildman–Crippen LogP) is 2.25. The first kappa shape index (κ1) is 14.1. The number of hydrogen-bond donors (Lipinski definition) is 1. The monoisotopic (exact) mass is 297 g/mol. The van der Waals surface area contributed by atoms with E-state index >= 15 is 0 Å². The highest BCUT2D eigenvalue weighted by Crippen LogP contribution is 2.22. The van der Waals surface area contributed by atoms with Gasteiger partial charge in [0.05, 0.1) is 11.3 Å². The van der Waals surface area contributed by atoms with Crippen LogP contribution in [0.4, 0.5) is 0 Å². The third kappa shape index (κ3) is 2.28. The number of para-hydroxylation sites is 1. The van der Waals surface area contributed by atoms with Gasteiger partial charge in [-0.25, -0.2) is 4.79 Å². The third-order valence-corrected chi connectivity index (χ3v) is 3.44. The second-order valence-electron chi connectivity index (χ2n) is 5.03. The zero-order chi connectivity index (χ0) is 15.7. The summed E-state index contributed by atoms with van der Waals surface area (Å²) in [7, 11) is 0. The van der Waals surface area contributed by atoms with Gasteiger partial charge in [-0.2, -0.15) is 9.78 Å². The highest BCUT2D eigenvalue weighted by Gasteiger charge is 2.23. The fraction of sp³-hybridized carbons (Fsp3) is 0.188. The summed E-state index contributed by atoms with van der Waals surface area (Å²) in [5.41, 5.74) is 0.875. The first-order valence-corrected chi connectivity index (χ1v) is 7.03. The van der Waals surface area contributed by atoms with Crippen molar-refractivity contribution in [3.05, 3.63) is 58.6 Å². The van der Waals surface area contributed by atoms with Gasteiger partial charge in [-0.1, -0.05) is 25.1 Å². The van der Waals surface area contributed by atoms with Crippen molar-refractivity contribution in [2.24, 2.45) is 0 Å². The summed E-state index contributed by atoms with van der Waals surface area (Å²) in [5, 5.41) is 13.6. The van der Waals surface area contributed by atoms with Gasteiger partial charge in [0, 0.05) is 18.9 Å². The Morgan fingerprint density at radius 1 is 1.23 bits per heavy atom. The van der Waals surface area contributed by atoms with Crippen molar-refractivity contribution < 1.29 is 9.90 Å². The Morgan fingerprint density at radius 2 is 1.95 bits per heavy atom. The number of rotatable bonds is 4. The van der Waals surface area contributed by atoms with Crippen molar-refractivity contribution in [3.8, 4) is 16.9 Å². The molecule has 0 saturated carbocycles. The number of aromatic nitrogens is 3. The van der Waals surface area contributed by atoms with E-state index in [1.54, 1.807) is 35.0 Å². The summed E-state index contributed by atoms with van der Waals surface area (Å²) in [6.07, 6.45) is 4.03. The Kier molecular flexibility index (Phi) is 3.50. The molecule has 0 fully saturated rings. The molecule has 0 bridgehead atoms. The Balaban J connectivity index is 2.29. The maximum absolute atomic E-state index is 12.6. The minimum absolute atomic E-state index is 0.0396. The van der Waals surface area contributed by atoms with E-state index in [4.69, 9.17) is 0 Å². The molecule has 0 atom stereocenters. The van der Waals surface area contributed by atoms with Gasteiger partial charge in [0.2, 0.25) is 0 Å². The van der Waals surface area contributed by atoms with Gasteiger partial charge in [0.1, 0.15) is 11.3 Å². The predicted molar refractivity (Wildman–Crippen MR) is 81.7 cm³/mol. The average Bonchev–Trinajstić information content (AvgIpc) is 2.85. The van der Waals surface area contributed by atoms with Crippen LogP contribution in [-0.2, 0) is 6.54 Å². The fourth-order valence-corrected chi connectivity index (χ4v) is 2.45. The topological polar surface area (TPSA) is 77.1 Å². The van der Waals surface area contributed by atoms with Gasteiger partial charge in [0.15, 0.2) is 0 Å². The standard InChI is InChI=1S/C16H15N3O3/c1-2-8-18-9-12-14(13(10-18)16(21)22)17-19(15(12)20)11-6-4-3-5-7-11/h3-7,9-10H,2,8H2,1H3,(H,21,22). The van der Waals surface area contributed by atoms with Crippen LogP contribution >= 0.6 is 0 Å². The number of aromatic carboxylic acids is 1. The molecule has 3 rings (SSSR count). The molecule has 2 aliphatic rings. The van der Waals surface area contributed by atoms with Gasteiger partial charge in [-0.05, 0) is 18.6 Å². The molecule has 0 spiro atoms. The van der Waals surface area contributed by atoms with Crippen LogP contribution in [0.1, 0.15) is 23.7 Å². The van der Waals surface area contributed by atoms with Crippen molar-refractivity contribution in [2.45, 2.75) is 19.9 Å². The van der Waals surface area contributed by atoms with Gasteiger partial charge in [0.25, 0.3) is 5.56 Å². The molecule has 0 aliphatic carbocycles. The maximum Gasteiger partial charge on any atom is 0.339 e. The van der Waals surface area contributed by atoms with Crippen LogP contribution in [0.5, 0.6) is 0 Å². The smallest absolute Gasteiger partial charge is 0.339 e. The number of carboxylic acid groups (broad SMARTS) is 1. The molecule has 112 valence electrons. The van der Waals surface area contributed by atoms with Gasteiger partial charge < -0.3 is 9.67 Å². The quantitative estimate of drug-likeness (QED) is 0.801. The minimum Gasteiger partial charge on any atom is -0.478 e. The number of carboxylic acids is 1. The second kappa shape index (κ2) is 5.48. The van der Waals surface area contributed by atoms with Crippen molar-refractivity contribution in [3.63, 3.8) is 0 Å². The van der Waals surface area contributed by atoms with Crippen LogP contribution in [0, 0.1) is 0 Å². The molecule has 6 heteroatoms. The number of aryl methyl sites for hydroxylation is 1. The largest absolute Gasteiger partial charge is 0.478 e. The molecule has 6 nitrogen and oxygen atoms in total. The zero-order valence-corrected chi connectivity index (χ0v) is 12.1. The maximum atomic E-state index is 12.6. The van der Waals surface area contributed by atoms with E-state index < -0.39 is 5.97 Å². The number of hydrogen-bond acceptors (Lipinski definition) is 3. The molecule has 0 unspecified atom stereocenters. The van der Waals surface area contributed by atoms with E-state index in [2.05, 4.69) is 5.10 Å². The van der Waals surface area contributed by atoms with Crippen LogP contribution in [0.15, 0.2) is 47.5 Å². The summed E-state index contributed by atoms with van der Waals surface area (Å²) in [6, 6.07) is 8.96. The van der Waals surface area contributed by atoms with E-state index in [0.29, 0.717) is 17.8 Å². The minimum atomic E-state index is -1.09. The summed E-state index contributed by atoms with van der Waals surface area (Å²) in [6.45, 7) is 2.63. The summed E-state index contributed by atoms with van der Waals surface area (Å²) >= 11 is 0. The van der Waals surface area contributed by atoms with Crippen molar-refractivity contribution in [1.29, 1.82) is 0 Å². The zero-order valence-electron chi connectivity index (χ0n) is 12.1. The molecular formula is C16H15N3O3. The fourth-order valence-electron chi connectivity index (χ4n) is 2.45. The van der Waals surface area contributed by atoms with E-state index in [9.17, 15) is 14.7 Å². The molecule has 0 saturated heterocycles. The molecule has 1 aromatic rings. The van der Waals surface area contributed by atoms with Gasteiger partial charge in [-0.15, -0.1) is 0 Å². The highest BCUT2D eigenvalue weighted by atomic mass is 16.4. The van der Waals surface area contributed by atoms with Gasteiger partial charge in [-0.3, -0.25) is 4.79 Å². The second-order valence-corrected chi connectivity index (χ2v) is 5.03. The van der Waals surface area contributed by atoms with Crippen molar-refractivity contribution >= 4 is 5.97 Å². The van der Waals surface area contributed by atoms with E-state index in [0.717, 1.165) is 6.42 Å². The number of benzene rings is 1. The number of fused-ring (bicyclic) bond motifs is 1. The molecule has 22 heavy (non-hydrogen) atoms. The van der Waals surface area contributed by atoms with Gasteiger partial charge >= 0.3 is 5.97 Å². The molecule has 0 aromatic heterocycles. The number of pyridine rings is 1. The van der Waals surface area contributed by atoms with Crippen LogP contribution in [0.2, 0.25) is 0 Å². The summed E-state index contributed by atoms with van der Waals surface area (Å²) in [4.78, 5) is 24.0. The highest BCUT2D eigenvalue weighted by molar-refractivity contribution is 5.94. The molecular weight excluding hydrogens is 282 g/mol. The lowest BCUT2D eigenvalue weighted by atomic mass is 10.1. The Labute approximate surface area is 126 Å². The first-order valence-electron chi connectivity index (χ1n) is 7.03. The van der Waals surface area contributed by atoms with Crippen LogP contribution in [0.3, 0.4) is 0 Å². The summed E-state index contributed by atoms with van der Waals surface area (Å²) in [5.74, 6) is -1.09. The average molecular weight is 297 g/mol. The Bertz CT molecular complexity index is 849.